The second kappa shape index (κ2) is 9.02. The Bertz CT molecular complexity index is 971. The largest absolute Gasteiger partial charge is 0.361 e. The van der Waals surface area contributed by atoms with Gasteiger partial charge in [-0.15, -0.1) is 6.58 Å². The molecule has 2 aliphatic rings. The van der Waals surface area contributed by atoms with Crippen LogP contribution >= 0.6 is 0 Å². The fourth-order valence-electron chi connectivity index (χ4n) is 4.10. The minimum absolute atomic E-state index is 0.0820. The lowest BCUT2D eigenvalue weighted by Crippen LogP contribution is -2.62. The number of halogens is 1. The van der Waals surface area contributed by atoms with Crippen molar-refractivity contribution < 1.29 is 18.7 Å². The topological polar surface area (TPSA) is 58.6 Å². The summed E-state index contributed by atoms with van der Waals surface area (Å²) in [5, 5.41) is 2.86. The van der Waals surface area contributed by atoms with Crippen LogP contribution in [-0.4, -0.2) is 48.6 Å². The van der Waals surface area contributed by atoms with Crippen LogP contribution in [0.15, 0.2) is 61.2 Å². The second-order valence-corrected chi connectivity index (χ2v) is 8.22. The van der Waals surface area contributed by atoms with E-state index in [1.165, 1.54) is 12.1 Å². The number of hydrogen-bond acceptors (Lipinski definition) is 3. The highest BCUT2D eigenvalue weighted by Gasteiger charge is 2.47. The van der Waals surface area contributed by atoms with E-state index in [0.717, 1.165) is 29.5 Å². The van der Waals surface area contributed by atoms with Gasteiger partial charge < -0.3 is 15.0 Å². The van der Waals surface area contributed by atoms with Crippen LogP contribution in [0.5, 0.6) is 0 Å². The highest BCUT2D eigenvalue weighted by atomic mass is 19.1. The maximum absolute atomic E-state index is 13.4. The van der Waals surface area contributed by atoms with Crippen molar-refractivity contribution >= 4 is 11.8 Å². The normalized spacial score (nSPS) is 20.9. The Morgan fingerprint density at radius 3 is 2.65 bits per heavy atom. The van der Waals surface area contributed by atoms with E-state index in [1.54, 1.807) is 23.1 Å². The minimum Gasteiger partial charge on any atom is -0.361 e. The van der Waals surface area contributed by atoms with Gasteiger partial charge in [-0.25, -0.2) is 4.39 Å². The molecule has 1 aliphatic heterocycles. The number of rotatable bonds is 7. The van der Waals surface area contributed by atoms with Crippen LogP contribution in [0.4, 0.5) is 4.39 Å². The molecule has 2 aromatic rings. The number of carbonyl (C=O) groups is 2. The van der Waals surface area contributed by atoms with E-state index in [2.05, 4.69) is 11.9 Å². The van der Waals surface area contributed by atoms with Gasteiger partial charge in [-0.3, -0.25) is 9.59 Å². The second-order valence-electron chi connectivity index (χ2n) is 8.22. The van der Waals surface area contributed by atoms with E-state index in [-0.39, 0.29) is 30.1 Å². The summed E-state index contributed by atoms with van der Waals surface area (Å²) in [5.74, 6) is -0.365. The van der Waals surface area contributed by atoms with Gasteiger partial charge in [0.1, 0.15) is 5.82 Å². The van der Waals surface area contributed by atoms with Gasteiger partial charge in [-0.05, 0) is 41.7 Å². The van der Waals surface area contributed by atoms with Crippen LogP contribution in [0.25, 0.3) is 11.1 Å². The Balaban J connectivity index is 1.67. The Morgan fingerprint density at radius 1 is 1.19 bits per heavy atom. The minimum atomic E-state index is -1.19. The van der Waals surface area contributed by atoms with Gasteiger partial charge in [0.15, 0.2) is 5.60 Å². The fraction of sp³-hybridized carbons (Fsp3) is 0.360. The SMILES string of the molecule is C=CCNC(=O)[C@@]1(Cc2ccccc2-c2ccc(F)cc2)CN(C(=O)C2CC2)CCO1. The Hall–Kier alpha value is -2.99. The molecule has 162 valence electrons. The smallest absolute Gasteiger partial charge is 0.254 e. The lowest BCUT2D eigenvalue weighted by molar-refractivity contribution is -0.166. The quantitative estimate of drug-likeness (QED) is 0.697. The molecule has 1 aliphatic carbocycles. The summed E-state index contributed by atoms with van der Waals surface area (Å²) in [6.45, 7) is 5.00. The van der Waals surface area contributed by atoms with E-state index in [1.807, 2.05) is 24.3 Å². The Labute approximate surface area is 181 Å². The van der Waals surface area contributed by atoms with E-state index >= 15 is 0 Å². The van der Waals surface area contributed by atoms with Crippen LogP contribution in [0.2, 0.25) is 0 Å². The molecule has 1 heterocycles. The third-order valence-electron chi connectivity index (χ3n) is 5.89. The molecule has 0 unspecified atom stereocenters. The van der Waals surface area contributed by atoms with Crippen molar-refractivity contribution in [2.24, 2.45) is 5.92 Å². The van der Waals surface area contributed by atoms with Gasteiger partial charge >= 0.3 is 0 Å². The first-order chi connectivity index (χ1) is 15.0. The molecule has 1 saturated carbocycles. The number of benzene rings is 2. The van der Waals surface area contributed by atoms with Gasteiger partial charge in [0, 0.05) is 25.4 Å². The van der Waals surface area contributed by atoms with Crippen LogP contribution in [0, 0.1) is 11.7 Å². The first-order valence-electron chi connectivity index (χ1n) is 10.7. The van der Waals surface area contributed by atoms with Gasteiger partial charge in [0.25, 0.3) is 5.91 Å². The number of morpholine rings is 1. The standard InChI is InChI=1S/C25H27FN2O3/c1-2-13-27-24(30)25(17-28(14-15-31-25)23(29)19-7-8-19)16-20-5-3-4-6-22(20)18-9-11-21(26)12-10-18/h2-6,9-12,19H,1,7-8,13-17H2,(H,27,30)/t25-/m1/s1. The summed E-state index contributed by atoms with van der Waals surface area (Å²) in [5.41, 5.74) is 1.48. The number of hydrogen-bond donors (Lipinski definition) is 1. The van der Waals surface area contributed by atoms with E-state index < -0.39 is 5.60 Å². The fourth-order valence-corrected chi connectivity index (χ4v) is 4.10. The lowest BCUT2D eigenvalue weighted by atomic mass is 9.87. The highest BCUT2D eigenvalue weighted by Crippen LogP contribution is 2.34. The van der Waals surface area contributed by atoms with Gasteiger partial charge in [-0.1, -0.05) is 42.5 Å². The third kappa shape index (κ3) is 4.69. The van der Waals surface area contributed by atoms with Crippen LogP contribution in [0.3, 0.4) is 0 Å². The molecule has 0 radical (unpaired) electrons. The van der Waals surface area contributed by atoms with Crippen LogP contribution in [0.1, 0.15) is 18.4 Å². The van der Waals surface area contributed by atoms with Crippen LogP contribution in [-0.2, 0) is 20.7 Å². The average molecular weight is 423 g/mol. The van der Waals surface area contributed by atoms with E-state index in [9.17, 15) is 14.0 Å². The van der Waals surface area contributed by atoms with Crippen molar-refractivity contribution in [2.45, 2.75) is 24.9 Å². The summed E-state index contributed by atoms with van der Waals surface area (Å²) in [6, 6.07) is 14.0. The molecule has 4 rings (SSSR count). The molecule has 1 saturated heterocycles. The first-order valence-corrected chi connectivity index (χ1v) is 10.7. The zero-order valence-corrected chi connectivity index (χ0v) is 17.5. The Kier molecular flexibility index (Phi) is 6.18. The number of nitrogens with zero attached hydrogens (tertiary/aromatic N) is 1. The first kappa shape index (κ1) is 21.2. The van der Waals surface area contributed by atoms with Crippen molar-refractivity contribution in [3.8, 4) is 11.1 Å². The molecule has 2 fully saturated rings. The number of nitrogens with one attached hydrogen (secondary N) is 1. The molecule has 31 heavy (non-hydrogen) atoms. The zero-order valence-electron chi connectivity index (χ0n) is 17.5. The molecule has 1 N–H and O–H groups in total. The molecular formula is C25H27FN2O3. The molecule has 1 atom stereocenters. The van der Waals surface area contributed by atoms with Crippen molar-refractivity contribution in [1.82, 2.24) is 10.2 Å². The van der Waals surface area contributed by atoms with Crippen molar-refractivity contribution in [2.75, 3.05) is 26.2 Å². The Morgan fingerprint density at radius 2 is 1.94 bits per heavy atom. The van der Waals surface area contributed by atoms with E-state index in [0.29, 0.717) is 26.1 Å². The third-order valence-corrected chi connectivity index (χ3v) is 5.89. The molecule has 0 bridgehead atoms. The molecule has 0 spiro atoms. The summed E-state index contributed by atoms with van der Waals surface area (Å²) < 4.78 is 19.6. The van der Waals surface area contributed by atoms with E-state index in [4.69, 9.17) is 4.74 Å². The predicted octanol–water partition coefficient (Wildman–Crippen LogP) is 3.35. The molecule has 2 amide bonds. The van der Waals surface area contributed by atoms with Crippen LogP contribution < -0.4 is 5.32 Å². The summed E-state index contributed by atoms with van der Waals surface area (Å²) in [6.07, 6.45) is 3.75. The number of carbonyl (C=O) groups excluding carboxylic acids is 2. The van der Waals surface area contributed by atoms with Gasteiger partial charge in [-0.2, -0.15) is 0 Å². The molecule has 6 heteroatoms. The molecule has 0 aromatic heterocycles. The molecule has 2 aromatic carbocycles. The zero-order chi connectivity index (χ0) is 21.8. The average Bonchev–Trinajstić information content (AvgIpc) is 3.63. The monoisotopic (exact) mass is 422 g/mol. The maximum Gasteiger partial charge on any atom is 0.254 e. The van der Waals surface area contributed by atoms with Crippen molar-refractivity contribution in [1.29, 1.82) is 0 Å². The summed E-state index contributed by atoms with van der Waals surface area (Å²) in [7, 11) is 0. The number of ether oxygens (including phenoxy) is 1. The number of amides is 2. The summed E-state index contributed by atoms with van der Waals surface area (Å²) >= 11 is 0. The maximum atomic E-state index is 13.4. The summed E-state index contributed by atoms with van der Waals surface area (Å²) in [4.78, 5) is 27.8. The molecular weight excluding hydrogens is 395 g/mol. The predicted molar refractivity (Wildman–Crippen MR) is 117 cm³/mol. The highest BCUT2D eigenvalue weighted by molar-refractivity contribution is 5.88. The van der Waals surface area contributed by atoms with Gasteiger partial charge in [0.2, 0.25) is 5.91 Å². The van der Waals surface area contributed by atoms with Crippen molar-refractivity contribution in [3.05, 3.63) is 72.6 Å². The molecule has 5 nitrogen and oxygen atoms in total. The lowest BCUT2D eigenvalue weighted by Gasteiger charge is -2.42. The van der Waals surface area contributed by atoms with Crippen molar-refractivity contribution in [3.63, 3.8) is 0 Å². The van der Waals surface area contributed by atoms with Gasteiger partial charge in [0.05, 0.1) is 13.2 Å².